The van der Waals surface area contributed by atoms with E-state index in [-0.39, 0.29) is 6.79 Å². The summed E-state index contributed by atoms with van der Waals surface area (Å²) in [6.07, 6.45) is 1.80. The topological polar surface area (TPSA) is 36.9 Å². The molecule has 0 aliphatic rings. The molecule has 4 heteroatoms. The summed E-state index contributed by atoms with van der Waals surface area (Å²) in [4.78, 5) is 0. The van der Waals surface area contributed by atoms with E-state index in [1.54, 1.807) is 7.11 Å². The summed E-state index contributed by atoms with van der Waals surface area (Å²) in [5.41, 5.74) is 0. The van der Waals surface area contributed by atoms with Gasteiger partial charge in [0, 0.05) is 13.5 Å². The highest BCUT2D eigenvalue weighted by Crippen LogP contribution is 2.15. The van der Waals surface area contributed by atoms with E-state index in [0.717, 1.165) is 18.6 Å². The van der Waals surface area contributed by atoms with Gasteiger partial charge in [-0.05, 0) is 20.3 Å². The maximum absolute atomic E-state index is 5.47. The average Bonchev–Trinajstić information content (AvgIpc) is 2.24. The van der Waals surface area contributed by atoms with Gasteiger partial charge in [-0.25, -0.2) is 0 Å². The van der Waals surface area contributed by atoms with Crippen LogP contribution in [0.3, 0.4) is 0 Å². The van der Waals surface area contributed by atoms with Crippen LogP contribution in [0, 0.1) is 0 Å². The quantitative estimate of drug-likeness (QED) is 0.440. The van der Waals surface area contributed by atoms with Crippen molar-refractivity contribution >= 4 is 0 Å². The minimum absolute atomic E-state index is 0.176. The van der Waals surface area contributed by atoms with E-state index in [4.69, 9.17) is 18.9 Å². The third-order valence-corrected chi connectivity index (χ3v) is 1.61. The molecule has 0 saturated heterocycles. The third-order valence-electron chi connectivity index (χ3n) is 1.61. The fourth-order valence-electron chi connectivity index (χ4n) is 1.08. The Morgan fingerprint density at radius 2 is 1.60 bits per heavy atom. The van der Waals surface area contributed by atoms with Crippen LogP contribution in [0.15, 0.2) is 11.7 Å². The summed E-state index contributed by atoms with van der Waals surface area (Å²) in [6.45, 7) is 7.28. The molecule has 0 radical (unpaired) electrons. The van der Waals surface area contributed by atoms with Crippen molar-refractivity contribution in [1.29, 1.82) is 0 Å². The third kappa shape index (κ3) is 6.23. The molecule has 0 aliphatic heterocycles. The second-order valence-corrected chi connectivity index (χ2v) is 2.88. The highest BCUT2D eigenvalue weighted by atomic mass is 16.7. The highest BCUT2D eigenvalue weighted by molar-refractivity contribution is 4.94. The summed E-state index contributed by atoms with van der Waals surface area (Å²) in [5, 5.41) is 0. The van der Waals surface area contributed by atoms with Gasteiger partial charge in [0.25, 0.3) is 0 Å². The van der Waals surface area contributed by atoms with E-state index >= 15 is 0 Å². The Morgan fingerprint density at radius 3 is 2.07 bits per heavy atom. The molecule has 0 aromatic heterocycles. The Balaban J connectivity index is 4.45. The van der Waals surface area contributed by atoms with Gasteiger partial charge in [0.15, 0.2) is 12.6 Å². The highest BCUT2D eigenvalue weighted by Gasteiger charge is 2.10. The summed E-state index contributed by atoms with van der Waals surface area (Å²) >= 11 is 0. The van der Waals surface area contributed by atoms with E-state index in [2.05, 4.69) is 6.92 Å². The summed E-state index contributed by atoms with van der Waals surface area (Å²) in [6, 6.07) is 0. The van der Waals surface area contributed by atoms with E-state index in [1.807, 2.05) is 13.8 Å². The largest absolute Gasteiger partial charge is 0.491 e. The fraction of sp³-hybridized carbons (Fsp3) is 0.818. The molecule has 0 fully saturated rings. The molecule has 0 amide bonds. The van der Waals surface area contributed by atoms with Crippen LogP contribution in [0.1, 0.15) is 33.6 Å². The molecular formula is C11H22O4. The number of hydrogen-bond donors (Lipinski definition) is 0. The van der Waals surface area contributed by atoms with Crippen LogP contribution in [-0.4, -0.2) is 27.1 Å². The van der Waals surface area contributed by atoms with Crippen molar-refractivity contribution in [1.82, 2.24) is 0 Å². The molecule has 0 N–H and O–H groups in total. The summed E-state index contributed by atoms with van der Waals surface area (Å²) in [7, 11) is 1.57. The number of ether oxygens (including phenoxy) is 4. The van der Waals surface area contributed by atoms with E-state index < -0.39 is 0 Å². The molecular weight excluding hydrogens is 196 g/mol. The monoisotopic (exact) mass is 218 g/mol. The Morgan fingerprint density at radius 1 is 0.933 bits per heavy atom. The van der Waals surface area contributed by atoms with Gasteiger partial charge in [0.2, 0.25) is 0 Å². The van der Waals surface area contributed by atoms with Crippen LogP contribution >= 0.6 is 0 Å². The number of allylic oxidation sites excluding steroid dienone is 1. The second kappa shape index (κ2) is 9.65. The second-order valence-electron chi connectivity index (χ2n) is 2.88. The summed E-state index contributed by atoms with van der Waals surface area (Å²) < 4.78 is 21.0. The number of rotatable bonds is 9. The molecule has 0 aromatic carbocycles. The van der Waals surface area contributed by atoms with Crippen LogP contribution in [0.25, 0.3) is 0 Å². The minimum atomic E-state index is 0.176. The Bertz CT molecular complexity index is 169. The SMILES string of the molecule is CCC/C(OCC)=C(\OCC)OCOC. The molecule has 0 bridgehead atoms. The van der Waals surface area contributed by atoms with Crippen molar-refractivity contribution in [2.45, 2.75) is 33.6 Å². The molecule has 15 heavy (non-hydrogen) atoms. The maximum Gasteiger partial charge on any atom is 0.321 e. The smallest absolute Gasteiger partial charge is 0.321 e. The number of methoxy groups -OCH3 is 1. The first kappa shape index (κ1) is 14.1. The van der Waals surface area contributed by atoms with Gasteiger partial charge in [-0.3, -0.25) is 0 Å². The zero-order valence-electron chi connectivity index (χ0n) is 10.2. The van der Waals surface area contributed by atoms with Gasteiger partial charge in [-0.1, -0.05) is 6.92 Å². The lowest BCUT2D eigenvalue weighted by molar-refractivity contribution is -0.0663. The van der Waals surface area contributed by atoms with E-state index in [9.17, 15) is 0 Å². The minimum Gasteiger partial charge on any atom is -0.491 e. The van der Waals surface area contributed by atoms with Gasteiger partial charge in [-0.15, -0.1) is 0 Å². The first-order valence-corrected chi connectivity index (χ1v) is 5.40. The molecule has 0 atom stereocenters. The van der Waals surface area contributed by atoms with Crippen molar-refractivity contribution in [2.75, 3.05) is 27.1 Å². The lowest BCUT2D eigenvalue weighted by Gasteiger charge is -2.15. The normalized spacial score (nSPS) is 12.0. The van der Waals surface area contributed by atoms with E-state index in [0.29, 0.717) is 19.2 Å². The zero-order valence-corrected chi connectivity index (χ0v) is 10.2. The average molecular weight is 218 g/mol. The first-order chi connectivity index (χ1) is 7.29. The Kier molecular flexibility index (Phi) is 9.07. The molecule has 0 aromatic rings. The van der Waals surface area contributed by atoms with Gasteiger partial charge >= 0.3 is 5.95 Å². The zero-order chi connectivity index (χ0) is 11.5. The van der Waals surface area contributed by atoms with Gasteiger partial charge in [0.05, 0.1) is 13.2 Å². The molecule has 0 saturated carbocycles. The molecule has 0 heterocycles. The first-order valence-electron chi connectivity index (χ1n) is 5.40. The predicted octanol–water partition coefficient (Wildman–Crippen LogP) is 2.65. The van der Waals surface area contributed by atoms with Gasteiger partial charge in [0.1, 0.15) is 0 Å². The van der Waals surface area contributed by atoms with Crippen LogP contribution in [-0.2, 0) is 18.9 Å². The van der Waals surface area contributed by atoms with E-state index in [1.165, 1.54) is 0 Å². The standard InChI is InChI=1S/C11H22O4/c1-5-8-10(13-6-2)11(14-7-3)15-9-12-4/h5-9H2,1-4H3/b11-10-. The molecule has 4 nitrogen and oxygen atoms in total. The molecule has 90 valence electrons. The van der Waals surface area contributed by atoms with Crippen molar-refractivity contribution in [3.63, 3.8) is 0 Å². The molecule has 0 rings (SSSR count). The number of hydrogen-bond acceptors (Lipinski definition) is 4. The molecule has 0 spiro atoms. The van der Waals surface area contributed by atoms with Gasteiger partial charge < -0.3 is 18.9 Å². The van der Waals surface area contributed by atoms with Crippen LogP contribution in [0.4, 0.5) is 0 Å². The van der Waals surface area contributed by atoms with Crippen molar-refractivity contribution in [3.05, 3.63) is 11.7 Å². The summed E-state index contributed by atoms with van der Waals surface area (Å²) in [5.74, 6) is 1.21. The van der Waals surface area contributed by atoms with Crippen LogP contribution < -0.4 is 0 Å². The van der Waals surface area contributed by atoms with Crippen LogP contribution in [0.2, 0.25) is 0 Å². The van der Waals surface area contributed by atoms with Crippen molar-refractivity contribution < 1.29 is 18.9 Å². The maximum atomic E-state index is 5.47. The molecule has 0 aliphatic carbocycles. The van der Waals surface area contributed by atoms with Crippen molar-refractivity contribution in [3.8, 4) is 0 Å². The fourth-order valence-corrected chi connectivity index (χ4v) is 1.08. The Hall–Kier alpha value is -0.900. The lowest BCUT2D eigenvalue weighted by atomic mass is 10.3. The lowest BCUT2D eigenvalue weighted by Crippen LogP contribution is -2.07. The van der Waals surface area contributed by atoms with Gasteiger partial charge in [-0.2, -0.15) is 0 Å². The van der Waals surface area contributed by atoms with Crippen molar-refractivity contribution in [2.24, 2.45) is 0 Å². The molecule has 0 unspecified atom stereocenters. The Labute approximate surface area is 92.2 Å². The predicted molar refractivity (Wildman–Crippen MR) is 58.1 cm³/mol. The van der Waals surface area contributed by atoms with Crippen LogP contribution in [0.5, 0.6) is 0 Å².